The average molecular weight is 399 g/mol. The minimum atomic E-state index is -0.107. The van der Waals surface area contributed by atoms with Crippen molar-refractivity contribution in [2.75, 3.05) is 5.32 Å². The lowest BCUT2D eigenvalue weighted by molar-refractivity contribution is -0.122. The van der Waals surface area contributed by atoms with Crippen molar-refractivity contribution < 1.29 is 9.59 Å². The van der Waals surface area contributed by atoms with E-state index < -0.39 is 0 Å². The summed E-state index contributed by atoms with van der Waals surface area (Å²) in [6, 6.07) is 9.82. The van der Waals surface area contributed by atoms with E-state index in [9.17, 15) is 9.59 Å². The van der Waals surface area contributed by atoms with E-state index in [1.54, 1.807) is 16.4 Å². The second kappa shape index (κ2) is 8.82. The lowest BCUT2D eigenvalue weighted by atomic mass is 10.0. The first kappa shape index (κ1) is 19.1. The highest BCUT2D eigenvalue weighted by Crippen LogP contribution is 2.35. The fourth-order valence-corrected chi connectivity index (χ4v) is 5.00. The molecule has 1 aromatic carbocycles. The molecule has 2 amide bonds. The average Bonchev–Trinajstić information content (AvgIpc) is 3.41. The summed E-state index contributed by atoms with van der Waals surface area (Å²) in [6.45, 7) is 0.601. The number of thioether (sulfide) groups is 1. The molecule has 0 saturated heterocycles. The van der Waals surface area contributed by atoms with Gasteiger partial charge in [0.2, 0.25) is 11.8 Å². The molecule has 7 heteroatoms. The molecule has 0 unspecified atom stereocenters. The summed E-state index contributed by atoms with van der Waals surface area (Å²) in [5.41, 5.74) is 3.11. The molecule has 2 N–H and O–H groups in total. The molecule has 148 valence electrons. The van der Waals surface area contributed by atoms with Crippen LogP contribution in [0.2, 0.25) is 0 Å². The van der Waals surface area contributed by atoms with E-state index in [2.05, 4.69) is 15.7 Å². The smallest absolute Gasteiger partial charge is 0.242 e. The van der Waals surface area contributed by atoms with E-state index in [1.807, 2.05) is 30.3 Å². The summed E-state index contributed by atoms with van der Waals surface area (Å²) in [6.07, 6.45) is 5.30. The molecule has 28 heavy (non-hydrogen) atoms. The Morgan fingerprint density at radius 2 is 1.89 bits per heavy atom. The molecule has 1 fully saturated rings. The standard InChI is InChI=1S/C21H26N4O2S/c26-19(10-15-6-4-5-7-15)23-21-17-13-28-14-18(17)24-25(21)12-20(27)22-11-16-8-2-1-3-9-16/h1-3,8-9,15H,4-7,10-14H2,(H,22,27)(H,23,26). The monoisotopic (exact) mass is 398 g/mol. The summed E-state index contributed by atoms with van der Waals surface area (Å²) in [4.78, 5) is 25.0. The van der Waals surface area contributed by atoms with Crippen molar-refractivity contribution in [3.63, 3.8) is 0 Å². The van der Waals surface area contributed by atoms with Gasteiger partial charge in [-0.2, -0.15) is 16.9 Å². The zero-order chi connectivity index (χ0) is 19.3. The largest absolute Gasteiger partial charge is 0.350 e. The van der Waals surface area contributed by atoms with Gasteiger partial charge >= 0.3 is 0 Å². The van der Waals surface area contributed by atoms with Crippen molar-refractivity contribution in [1.29, 1.82) is 0 Å². The molecule has 1 saturated carbocycles. The van der Waals surface area contributed by atoms with Crippen molar-refractivity contribution in [2.24, 2.45) is 5.92 Å². The predicted octanol–water partition coefficient (Wildman–Crippen LogP) is 3.47. The van der Waals surface area contributed by atoms with Crippen LogP contribution in [0.1, 0.15) is 48.9 Å². The zero-order valence-electron chi connectivity index (χ0n) is 15.9. The van der Waals surface area contributed by atoms with Crippen molar-refractivity contribution in [1.82, 2.24) is 15.1 Å². The minimum absolute atomic E-state index is 0.0393. The lowest BCUT2D eigenvalue weighted by Crippen LogP contribution is -2.29. The van der Waals surface area contributed by atoms with Crippen LogP contribution in [0, 0.1) is 5.92 Å². The SMILES string of the molecule is O=C(Cn1nc2c(c1NC(=O)CC1CCCC1)CSC2)NCc1ccccc1. The van der Waals surface area contributed by atoms with Crippen molar-refractivity contribution >= 4 is 29.4 Å². The number of rotatable bonds is 7. The number of carbonyl (C=O) groups excluding carboxylic acids is 2. The number of hydrogen-bond donors (Lipinski definition) is 2. The first-order chi connectivity index (χ1) is 13.7. The Labute approximate surface area is 169 Å². The van der Waals surface area contributed by atoms with E-state index >= 15 is 0 Å². The maximum atomic E-state index is 12.6. The van der Waals surface area contributed by atoms with Gasteiger partial charge < -0.3 is 10.6 Å². The Morgan fingerprint density at radius 1 is 1.11 bits per heavy atom. The summed E-state index contributed by atoms with van der Waals surface area (Å²) in [5.74, 6) is 2.80. The van der Waals surface area contributed by atoms with E-state index in [1.165, 1.54) is 12.8 Å². The van der Waals surface area contributed by atoms with Gasteiger partial charge in [0.25, 0.3) is 0 Å². The second-order valence-electron chi connectivity index (χ2n) is 7.59. The van der Waals surface area contributed by atoms with Crippen molar-refractivity contribution in [3.05, 3.63) is 47.2 Å². The molecule has 1 aliphatic carbocycles. The number of amides is 2. The quantitative estimate of drug-likeness (QED) is 0.749. The normalized spacial score (nSPS) is 16.1. The Balaban J connectivity index is 1.40. The van der Waals surface area contributed by atoms with Crippen LogP contribution in [0.4, 0.5) is 5.82 Å². The maximum Gasteiger partial charge on any atom is 0.242 e. The zero-order valence-corrected chi connectivity index (χ0v) is 16.8. The number of nitrogens with zero attached hydrogens (tertiary/aromatic N) is 2. The van der Waals surface area contributed by atoms with Crippen LogP contribution < -0.4 is 10.6 Å². The number of aromatic nitrogens is 2. The number of benzene rings is 1. The van der Waals surface area contributed by atoms with Gasteiger partial charge in [-0.05, 0) is 24.3 Å². The number of nitrogens with one attached hydrogen (secondary N) is 2. The van der Waals surface area contributed by atoms with E-state index in [4.69, 9.17) is 0 Å². The highest BCUT2D eigenvalue weighted by molar-refractivity contribution is 7.98. The van der Waals surface area contributed by atoms with Crippen LogP contribution in [-0.4, -0.2) is 21.6 Å². The van der Waals surface area contributed by atoms with Gasteiger partial charge in [-0.25, -0.2) is 4.68 Å². The molecule has 0 bridgehead atoms. The van der Waals surface area contributed by atoms with Crippen LogP contribution in [0.3, 0.4) is 0 Å². The third-order valence-corrected chi connectivity index (χ3v) is 6.42. The Kier molecular flexibility index (Phi) is 6.00. The fourth-order valence-electron chi connectivity index (χ4n) is 3.97. The molecule has 2 heterocycles. The van der Waals surface area contributed by atoms with Gasteiger partial charge in [0.05, 0.1) is 5.69 Å². The molecule has 2 aromatic rings. The van der Waals surface area contributed by atoms with Gasteiger partial charge in [0, 0.05) is 30.0 Å². The highest BCUT2D eigenvalue weighted by atomic mass is 32.2. The summed E-state index contributed by atoms with van der Waals surface area (Å²) < 4.78 is 1.66. The molecule has 2 aliphatic rings. The Bertz CT molecular complexity index is 844. The van der Waals surface area contributed by atoms with Crippen LogP contribution in [0.5, 0.6) is 0 Å². The first-order valence-corrected chi connectivity index (χ1v) is 11.1. The van der Waals surface area contributed by atoms with Crippen LogP contribution >= 0.6 is 11.8 Å². The molecular formula is C21H26N4O2S. The molecule has 4 rings (SSSR count). The molecule has 0 atom stereocenters. The molecule has 0 spiro atoms. The van der Waals surface area contributed by atoms with Gasteiger partial charge in [0.1, 0.15) is 12.4 Å². The summed E-state index contributed by atoms with van der Waals surface area (Å²) >= 11 is 1.79. The van der Waals surface area contributed by atoms with E-state index in [-0.39, 0.29) is 18.4 Å². The fraction of sp³-hybridized carbons (Fsp3) is 0.476. The van der Waals surface area contributed by atoms with Crippen LogP contribution in [-0.2, 0) is 34.2 Å². The van der Waals surface area contributed by atoms with Crippen molar-refractivity contribution in [2.45, 2.75) is 56.7 Å². The van der Waals surface area contributed by atoms with Crippen molar-refractivity contribution in [3.8, 4) is 0 Å². The number of hydrogen-bond acceptors (Lipinski definition) is 4. The second-order valence-corrected chi connectivity index (χ2v) is 8.58. The highest BCUT2D eigenvalue weighted by Gasteiger charge is 2.26. The number of carbonyl (C=O) groups is 2. The Hall–Kier alpha value is -2.28. The maximum absolute atomic E-state index is 12.6. The minimum Gasteiger partial charge on any atom is -0.350 e. The first-order valence-electron chi connectivity index (χ1n) is 9.96. The summed E-state index contributed by atoms with van der Waals surface area (Å²) in [5, 5.41) is 10.6. The van der Waals surface area contributed by atoms with Gasteiger partial charge in [-0.15, -0.1) is 0 Å². The Morgan fingerprint density at radius 3 is 2.68 bits per heavy atom. The molecule has 1 aliphatic heterocycles. The van der Waals surface area contributed by atoms with Gasteiger partial charge in [-0.1, -0.05) is 43.2 Å². The number of anilines is 1. The lowest BCUT2D eigenvalue weighted by Gasteiger charge is -2.13. The molecule has 1 aromatic heterocycles. The molecule has 0 radical (unpaired) electrons. The van der Waals surface area contributed by atoms with Gasteiger partial charge in [0.15, 0.2) is 0 Å². The predicted molar refractivity (Wildman–Crippen MR) is 111 cm³/mol. The van der Waals surface area contributed by atoms with Gasteiger partial charge in [-0.3, -0.25) is 9.59 Å². The molecule has 6 nitrogen and oxygen atoms in total. The van der Waals surface area contributed by atoms with Crippen LogP contribution in [0.15, 0.2) is 30.3 Å². The third kappa shape index (κ3) is 4.58. The topological polar surface area (TPSA) is 76.0 Å². The molecular weight excluding hydrogens is 372 g/mol. The third-order valence-electron chi connectivity index (χ3n) is 5.45. The summed E-state index contributed by atoms with van der Waals surface area (Å²) in [7, 11) is 0. The van der Waals surface area contributed by atoms with Crippen LogP contribution in [0.25, 0.3) is 0 Å². The van der Waals surface area contributed by atoms with E-state index in [0.29, 0.717) is 24.7 Å². The van der Waals surface area contributed by atoms with E-state index in [0.717, 1.165) is 41.2 Å². The number of fused-ring (bicyclic) bond motifs is 1.